The minimum atomic E-state index is 1.14. The Morgan fingerprint density at radius 2 is 1.90 bits per heavy atom. The molecule has 0 spiro atoms. The number of hydrogen-bond donors (Lipinski definition) is 0. The molecule has 0 saturated heterocycles. The molecule has 2 heterocycles. The van der Waals surface area contributed by atoms with Crippen molar-refractivity contribution in [2.45, 2.75) is 32.5 Å². The molecule has 0 saturated carbocycles. The highest BCUT2D eigenvalue weighted by Crippen LogP contribution is 2.27. The van der Waals surface area contributed by atoms with Gasteiger partial charge in [-0.3, -0.25) is 0 Å². The molecule has 2 aromatic rings. The molecule has 3 nitrogen and oxygen atoms in total. The molecular formula is C15H17N3S2. The zero-order valence-electron chi connectivity index (χ0n) is 11.9. The Hall–Kier alpha value is -1.42. The van der Waals surface area contributed by atoms with Crippen LogP contribution in [0.3, 0.4) is 0 Å². The van der Waals surface area contributed by atoms with Crippen molar-refractivity contribution >= 4 is 29.1 Å². The maximum Gasteiger partial charge on any atom is 0.323 e. The largest absolute Gasteiger partial charge is 0.753 e. The van der Waals surface area contributed by atoms with Crippen LogP contribution in [0.25, 0.3) is 11.1 Å². The molecule has 1 aromatic heterocycles. The van der Waals surface area contributed by atoms with Gasteiger partial charge in [0.2, 0.25) is 0 Å². The highest BCUT2D eigenvalue weighted by Gasteiger charge is 2.26. The first-order chi connectivity index (χ1) is 9.58. The van der Waals surface area contributed by atoms with Crippen LogP contribution in [0.2, 0.25) is 0 Å². The lowest BCUT2D eigenvalue weighted by molar-refractivity contribution is -0.723. The molecule has 20 heavy (non-hydrogen) atoms. The van der Waals surface area contributed by atoms with Gasteiger partial charge in [0.15, 0.2) is 0 Å². The summed E-state index contributed by atoms with van der Waals surface area (Å²) in [5, 5.41) is 9.83. The zero-order chi connectivity index (χ0) is 14.7. The molecule has 0 radical (unpaired) electrons. The summed E-state index contributed by atoms with van der Waals surface area (Å²) in [5.41, 5.74) is 5.40. The second kappa shape index (κ2) is 6.35. The third-order valence-corrected chi connectivity index (χ3v) is 4.36. The van der Waals surface area contributed by atoms with E-state index < -0.39 is 0 Å². The predicted molar refractivity (Wildman–Crippen MR) is 86.9 cm³/mol. The van der Waals surface area contributed by atoms with Crippen molar-refractivity contribution in [3.63, 3.8) is 0 Å². The van der Waals surface area contributed by atoms with Crippen LogP contribution in [-0.2, 0) is 6.54 Å². The summed E-state index contributed by atoms with van der Waals surface area (Å²) in [5.74, 6) is 1.19. The first kappa shape index (κ1) is 15.0. The number of fused-ring (bicyclic) bond motifs is 1. The van der Waals surface area contributed by atoms with E-state index in [1.807, 2.05) is 11.8 Å². The standard InChI is InChI=1S/C14H17N2S.CNS/c1-10-8-11(2)13(12(3)9-10)16-5-4-15-6-7-17-14(15)16;2-1-3/h4-5,8-9H,6-7H2,1-3H3;/q+1;-1. The smallest absolute Gasteiger partial charge is 0.323 e. The number of thioether (sulfide) groups is 1. The summed E-state index contributed by atoms with van der Waals surface area (Å²) in [6.07, 6.45) is 4.38. The van der Waals surface area contributed by atoms with Gasteiger partial charge in [-0.1, -0.05) is 29.9 Å². The molecule has 0 N–H and O–H groups in total. The van der Waals surface area contributed by atoms with Crippen molar-refractivity contribution in [1.82, 2.24) is 4.57 Å². The minimum absolute atomic E-state index is 1.14. The summed E-state index contributed by atoms with van der Waals surface area (Å²) in [4.78, 5) is 0. The third kappa shape index (κ3) is 2.85. The van der Waals surface area contributed by atoms with E-state index in [-0.39, 0.29) is 0 Å². The highest BCUT2D eigenvalue weighted by molar-refractivity contribution is 7.99. The van der Waals surface area contributed by atoms with Gasteiger partial charge >= 0.3 is 5.16 Å². The van der Waals surface area contributed by atoms with Crippen LogP contribution in [-0.4, -0.2) is 15.5 Å². The van der Waals surface area contributed by atoms with Crippen LogP contribution in [0.1, 0.15) is 16.7 Å². The Bertz CT molecular complexity index is 645. The number of thiocarbonyl (C=S) groups is 1. The first-order valence-electron chi connectivity index (χ1n) is 6.41. The Morgan fingerprint density at radius 3 is 2.50 bits per heavy atom. The van der Waals surface area contributed by atoms with Crippen LogP contribution in [0.15, 0.2) is 29.7 Å². The highest BCUT2D eigenvalue weighted by atomic mass is 32.2. The maximum absolute atomic E-state index is 7.13. The van der Waals surface area contributed by atoms with E-state index in [2.05, 4.69) is 66.6 Å². The van der Waals surface area contributed by atoms with E-state index in [4.69, 9.17) is 5.41 Å². The molecule has 0 amide bonds. The lowest BCUT2D eigenvalue weighted by Crippen LogP contribution is -2.30. The summed E-state index contributed by atoms with van der Waals surface area (Å²) in [6.45, 7) is 7.70. The van der Waals surface area contributed by atoms with Gasteiger partial charge in [-0.2, -0.15) is 9.73 Å². The van der Waals surface area contributed by atoms with Gasteiger partial charge in [0.25, 0.3) is 0 Å². The lowest BCUT2D eigenvalue weighted by Gasteiger charge is -2.08. The van der Waals surface area contributed by atoms with Crippen LogP contribution in [0.4, 0.5) is 0 Å². The van der Waals surface area contributed by atoms with E-state index in [1.165, 1.54) is 38.4 Å². The van der Waals surface area contributed by atoms with Crippen molar-refractivity contribution < 1.29 is 4.57 Å². The van der Waals surface area contributed by atoms with E-state index in [0.717, 1.165) is 6.54 Å². The molecule has 104 valence electrons. The van der Waals surface area contributed by atoms with Crippen molar-refractivity contribution in [1.29, 1.82) is 0 Å². The molecular weight excluding hydrogens is 286 g/mol. The molecule has 5 heteroatoms. The fourth-order valence-electron chi connectivity index (χ4n) is 2.69. The van der Waals surface area contributed by atoms with E-state index >= 15 is 0 Å². The average molecular weight is 303 g/mol. The quantitative estimate of drug-likeness (QED) is 0.459. The Balaban J connectivity index is 0.000000452. The first-order valence-corrected chi connectivity index (χ1v) is 7.81. The summed E-state index contributed by atoms with van der Waals surface area (Å²) in [6, 6.07) is 4.53. The molecule has 0 atom stereocenters. The van der Waals surface area contributed by atoms with Gasteiger partial charge in [0, 0.05) is 5.75 Å². The molecule has 3 rings (SSSR count). The second-order valence-corrected chi connectivity index (χ2v) is 6.08. The number of benzene rings is 1. The summed E-state index contributed by atoms with van der Waals surface area (Å²) < 4.78 is 4.67. The third-order valence-electron chi connectivity index (χ3n) is 3.29. The van der Waals surface area contributed by atoms with Gasteiger partial charge in [-0.05, 0) is 43.7 Å². The monoisotopic (exact) mass is 303 g/mol. The van der Waals surface area contributed by atoms with Gasteiger partial charge in [-0.25, -0.2) is 4.57 Å². The van der Waals surface area contributed by atoms with Crippen LogP contribution in [0.5, 0.6) is 0 Å². The van der Waals surface area contributed by atoms with Gasteiger partial charge < -0.3 is 5.41 Å². The van der Waals surface area contributed by atoms with Crippen LogP contribution < -0.4 is 4.57 Å². The zero-order valence-corrected chi connectivity index (χ0v) is 13.5. The number of nitrogens with zero attached hydrogens (tertiary/aromatic N) is 3. The molecule has 1 aliphatic rings. The van der Waals surface area contributed by atoms with E-state index in [1.54, 1.807) is 0 Å². The van der Waals surface area contributed by atoms with E-state index in [0.29, 0.717) is 0 Å². The average Bonchev–Trinajstić information content (AvgIpc) is 2.93. The number of rotatable bonds is 1. The van der Waals surface area contributed by atoms with Crippen molar-refractivity contribution in [2.24, 2.45) is 0 Å². The van der Waals surface area contributed by atoms with Crippen molar-refractivity contribution in [2.75, 3.05) is 5.75 Å². The fraction of sp³-hybridized carbons (Fsp3) is 0.333. The predicted octanol–water partition coefficient (Wildman–Crippen LogP) is 3.45. The maximum atomic E-state index is 7.13. The number of imidazole rings is 1. The number of aryl methyl sites for hydroxylation is 4. The number of isothiocyanates is 1. The van der Waals surface area contributed by atoms with E-state index in [9.17, 15) is 0 Å². The summed E-state index contributed by atoms with van der Waals surface area (Å²) >= 11 is 5.64. The van der Waals surface area contributed by atoms with Gasteiger partial charge in [-0.15, -0.1) is 0 Å². The number of aromatic nitrogens is 2. The Kier molecular flexibility index (Phi) is 4.76. The van der Waals surface area contributed by atoms with Crippen LogP contribution >= 0.6 is 24.0 Å². The van der Waals surface area contributed by atoms with Crippen molar-refractivity contribution in [3.05, 3.63) is 46.6 Å². The topological polar surface area (TPSA) is 31.1 Å². The van der Waals surface area contributed by atoms with Gasteiger partial charge in [0.05, 0.1) is 0 Å². The molecule has 0 bridgehead atoms. The van der Waals surface area contributed by atoms with Crippen molar-refractivity contribution in [3.8, 4) is 5.69 Å². The van der Waals surface area contributed by atoms with Gasteiger partial charge in [0.1, 0.15) is 24.6 Å². The Morgan fingerprint density at radius 1 is 1.30 bits per heavy atom. The SMILES string of the molecule is Cc1cc(C)c(-n2cc[n+]3c2SCC3)c(C)c1.[N-]=C=S. The molecule has 0 fully saturated rings. The Labute approximate surface area is 129 Å². The van der Waals surface area contributed by atoms with Crippen LogP contribution in [0, 0.1) is 20.8 Å². The molecule has 0 unspecified atom stereocenters. The molecule has 1 aliphatic heterocycles. The summed E-state index contributed by atoms with van der Waals surface area (Å²) in [7, 11) is 0. The second-order valence-electron chi connectivity index (χ2n) is 4.83. The minimum Gasteiger partial charge on any atom is -0.753 e. The number of hydrogen-bond acceptors (Lipinski definition) is 2. The lowest BCUT2D eigenvalue weighted by atomic mass is 10.1. The normalized spacial score (nSPS) is 12.3. The molecule has 1 aromatic carbocycles. The molecule has 0 aliphatic carbocycles. The fourth-order valence-corrected chi connectivity index (χ4v) is 3.77.